The van der Waals surface area contributed by atoms with E-state index in [0.29, 0.717) is 22.9 Å². The number of Topliss-reactive ketones (excluding diaryl/α,β-unsaturated/α-hetero) is 1. The van der Waals surface area contributed by atoms with Crippen molar-refractivity contribution in [1.82, 2.24) is 0 Å². The van der Waals surface area contributed by atoms with E-state index >= 15 is 0 Å². The molecule has 2 rings (SSSR count). The minimum absolute atomic E-state index is 0.144. The van der Waals surface area contributed by atoms with Crippen molar-refractivity contribution in [3.05, 3.63) is 69.7 Å². The zero-order valence-electron chi connectivity index (χ0n) is 9.70. The van der Waals surface area contributed by atoms with Gasteiger partial charge in [-0.1, -0.05) is 53.5 Å². The van der Waals surface area contributed by atoms with Gasteiger partial charge in [-0.3, -0.25) is 4.79 Å². The average Bonchev–Trinajstić information content (AvgIpc) is 2.35. The molecule has 0 spiro atoms. The summed E-state index contributed by atoms with van der Waals surface area (Å²) in [5, 5.41) is 1.32. The molecule has 1 nitrogen and oxygen atoms in total. The second-order valence-corrected chi connectivity index (χ2v) is 4.95. The molecule has 0 N–H and O–H groups in total. The van der Waals surface area contributed by atoms with Crippen LogP contribution in [0.1, 0.15) is 11.1 Å². The zero-order chi connectivity index (χ0) is 13.0. The summed E-state index contributed by atoms with van der Waals surface area (Å²) < 4.78 is 0. The number of benzene rings is 2. The lowest BCUT2D eigenvalue weighted by Crippen LogP contribution is -2.06. The van der Waals surface area contributed by atoms with Gasteiger partial charge < -0.3 is 0 Å². The Balaban J connectivity index is 2.01. The summed E-state index contributed by atoms with van der Waals surface area (Å²) in [4.78, 5) is 11.9. The number of halogens is 2. The van der Waals surface area contributed by atoms with Crippen molar-refractivity contribution in [1.29, 1.82) is 0 Å². The third kappa shape index (κ3) is 3.59. The Bertz CT molecular complexity index is 547. The summed E-state index contributed by atoms with van der Waals surface area (Å²) in [6.45, 7) is 0. The van der Waals surface area contributed by atoms with Crippen LogP contribution in [0.4, 0.5) is 0 Å². The highest BCUT2D eigenvalue weighted by atomic mass is 35.5. The Kier molecular flexibility index (Phi) is 4.40. The van der Waals surface area contributed by atoms with E-state index < -0.39 is 0 Å². The maximum atomic E-state index is 11.9. The van der Waals surface area contributed by atoms with Gasteiger partial charge in [-0.2, -0.15) is 0 Å². The second-order valence-electron chi connectivity index (χ2n) is 4.11. The predicted molar refractivity (Wildman–Crippen MR) is 75.3 cm³/mol. The smallest absolute Gasteiger partial charge is 0.141 e. The van der Waals surface area contributed by atoms with Crippen LogP contribution in [0.5, 0.6) is 0 Å². The first-order chi connectivity index (χ1) is 8.65. The summed E-state index contributed by atoms with van der Waals surface area (Å²) in [7, 11) is 0. The van der Waals surface area contributed by atoms with Crippen molar-refractivity contribution < 1.29 is 4.79 Å². The molecular weight excluding hydrogens is 267 g/mol. The van der Waals surface area contributed by atoms with Gasteiger partial charge in [0.15, 0.2) is 0 Å². The van der Waals surface area contributed by atoms with Crippen molar-refractivity contribution in [2.75, 3.05) is 0 Å². The molecule has 0 bridgehead atoms. The molecule has 0 unspecified atom stereocenters. The molecule has 2 aromatic rings. The minimum Gasteiger partial charge on any atom is -0.299 e. The molecular formula is C15H12Cl2O. The zero-order valence-corrected chi connectivity index (χ0v) is 11.2. The lowest BCUT2D eigenvalue weighted by Gasteiger charge is -2.04. The Hall–Kier alpha value is -1.31. The summed E-state index contributed by atoms with van der Waals surface area (Å²) in [6.07, 6.45) is 0.769. The van der Waals surface area contributed by atoms with Crippen molar-refractivity contribution in [3.63, 3.8) is 0 Å². The third-order valence-corrected chi connectivity index (χ3v) is 3.28. The Labute approximate surface area is 116 Å². The van der Waals surface area contributed by atoms with Gasteiger partial charge in [0.1, 0.15) is 5.78 Å². The molecule has 18 heavy (non-hydrogen) atoms. The molecule has 0 aromatic heterocycles. The summed E-state index contributed by atoms with van der Waals surface area (Å²) >= 11 is 11.8. The van der Waals surface area contributed by atoms with Crippen LogP contribution in [0.2, 0.25) is 10.0 Å². The Morgan fingerprint density at radius 3 is 2.22 bits per heavy atom. The quantitative estimate of drug-likeness (QED) is 0.813. The van der Waals surface area contributed by atoms with Crippen molar-refractivity contribution in [2.24, 2.45) is 0 Å². The molecule has 0 saturated heterocycles. The monoisotopic (exact) mass is 278 g/mol. The number of hydrogen-bond donors (Lipinski definition) is 0. The summed E-state index contributed by atoms with van der Waals surface area (Å²) in [6, 6.07) is 14.7. The number of ketones is 1. The SMILES string of the molecule is O=C(Cc1ccc(Cl)cc1)Cc1ccccc1Cl. The fourth-order valence-corrected chi connectivity index (χ4v) is 2.08. The highest BCUT2D eigenvalue weighted by Gasteiger charge is 2.07. The lowest BCUT2D eigenvalue weighted by molar-refractivity contribution is -0.117. The van der Waals surface area contributed by atoms with Gasteiger partial charge in [-0.25, -0.2) is 0 Å². The van der Waals surface area contributed by atoms with Gasteiger partial charge in [-0.15, -0.1) is 0 Å². The van der Waals surface area contributed by atoms with E-state index in [0.717, 1.165) is 11.1 Å². The van der Waals surface area contributed by atoms with Crippen LogP contribution in [0.3, 0.4) is 0 Å². The molecule has 0 atom stereocenters. The molecule has 0 saturated carbocycles. The van der Waals surface area contributed by atoms with Crippen LogP contribution < -0.4 is 0 Å². The van der Waals surface area contributed by atoms with Crippen LogP contribution in [-0.4, -0.2) is 5.78 Å². The largest absolute Gasteiger partial charge is 0.299 e. The highest BCUT2D eigenvalue weighted by Crippen LogP contribution is 2.17. The summed E-state index contributed by atoms with van der Waals surface area (Å²) in [5.41, 5.74) is 1.84. The Morgan fingerprint density at radius 2 is 1.56 bits per heavy atom. The maximum absolute atomic E-state index is 11.9. The van der Waals surface area contributed by atoms with Crippen LogP contribution >= 0.6 is 23.2 Å². The maximum Gasteiger partial charge on any atom is 0.141 e. The van der Waals surface area contributed by atoms with Gasteiger partial charge >= 0.3 is 0 Å². The van der Waals surface area contributed by atoms with Crippen LogP contribution in [-0.2, 0) is 17.6 Å². The highest BCUT2D eigenvalue weighted by molar-refractivity contribution is 6.31. The van der Waals surface area contributed by atoms with E-state index in [4.69, 9.17) is 23.2 Å². The molecule has 0 aliphatic rings. The average molecular weight is 279 g/mol. The fourth-order valence-electron chi connectivity index (χ4n) is 1.75. The van der Waals surface area contributed by atoms with E-state index in [9.17, 15) is 4.79 Å². The molecule has 0 heterocycles. The van der Waals surface area contributed by atoms with Gasteiger partial charge in [0.05, 0.1) is 0 Å². The standard InChI is InChI=1S/C15H12Cl2O/c16-13-7-5-11(6-8-13)9-14(18)10-12-3-1-2-4-15(12)17/h1-8H,9-10H2. The first-order valence-corrected chi connectivity index (χ1v) is 6.40. The molecule has 0 fully saturated rings. The molecule has 0 aliphatic heterocycles. The van der Waals surface area contributed by atoms with E-state index in [1.54, 1.807) is 18.2 Å². The summed E-state index contributed by atoms with van der Waals surface area (Å²) in [5.74, 6) is 0.144. The first-order valence-electron chi connectivity index (χ1n) is 5.65. The third-order valence-electron chi connectivity index (χ3n) is 2.66. The van der Waals surface area contributed by atoms with Crippen LogP contribution in [0.15, 0.2) is 48.5 Å². The molecule has 0 aliphatic carbocycles. The number of carbonyl (C=O) groups excluding carboxylic acids is 1. The van der Waals surface area contributed by atoms with Gasteiger partial charge in [0, 0.05) is 22.9 Å². The topological polar surface area (TPSA) is 17.1 Å². The van der Waals surface area contributed by atoms with Gasteiger partial charge in [0.25, 0.3) is 0 Å². The van der Waals surface area contributed by atoms with E-state index in [-0.39, 0.29) is 5.78 Å². The number of carbonyl (C=O) groups is 1. The fraction of sp³-hybridized carbons (Fsp3) is 0.133. The second kappa shape index (κ2) is 6.03. The predicted octanol–water partition coefficient (Wildman–Crippen LogP) is 4.35. The van der Waals surface area contributed by atoms with E-state index in [1.165, 1.54) is 0 Å². The van der Waals surface area contributed by atoms with Gasteiger partial charge in [-0.05, 0) is 29.3 Å². The molecule has 2 aromatic carbocycles. The molecule has 3 heteroatoms. The Morgan fingerprint density at radius 1 is 0.889 bits per heavy atom. The molecule has 92 valence electrons. The minimum atomic E-state index is 0.144. The van der Waals surface area contributed by atoms with Crippen LogP contribution in [0.25, 0.3) is 0 Å². The first kappa shape index (κ1) is 13.1. The van der Waals surface area contributed by atoms with E-state index in [1.807, 2.05) is 30.3 Å². The van der Waals surface area contributed by atoms with Gasteiger partial charge in [0.2, 0.25) is 0 Å². The number of rotatable bonds is 4. The number of hydrogen-bond acceptors (Lipinski definition) is 1. The van der Waals surface area contributed by atoms with Crippen LogP contribution in [0, 0.1) is 0 Å². The van der Waals surface area contributed by atoms with E-state index in [2.05, 4.69) is 0 Å². The van der Waals surface area contributed by atoms with Crippen molar-refractivity contribution >= 4 is 29.0 Å². The van der Waals surface area contributed by atoms with Crippen molar-refractivity contribution in [2.45, 2.75) is 12.8 Å². The lowest BCUT2D eigenvalue weighted by atomic mass is 10.0. The normalized spacial score (nSPS) is 10.3. The molecule has 0 radical (unpaired) electrons. The van der Waals surface area contributed by atoms with Crippen molar-refractivity contribution in [3.8, 4) is 0 Å². The molecule has 0 amide bonds.